The van der Waals surface area contributed by atoms with Crippen LogP contribution in [0.25, 0.3) is 11.0 Å². The van der Waals surface area contributed by atoms with Crippen LogP contribution < -0.4 is 11.2 Å². The number of phenolic OH excluding ortho intramolecular Hbond substituents is 1. The first kappa shape index (κ1) is 20.1. The summed E-state index contributed by atoms with van der Waals surface area (Å²) in [4.78, 5) is 56.4. The highest BCUT2D eigenvalue weighted by atomic mass is 35.5. The van der Waals surface area contributed by atoms with Crippen LogP contribution in [-0.4, -0.2) is 30.8 Å². The summed E-state index contributed by atoms with van der Waals surface area (Å²) in [5.74, 6) is -1.13. The van der Waals surface area contributed by atoms with E-state index in [1.54, 1.807) is 12.1 Å². The van der Waals surface area contributed by atoms with E-state index in [0.29, 0.717) is 4.90 Å². The number of hydrogen-bond donors (Lipinski definition) is 1. The second kappa shape index (κ2) is 7.26. The lowest BCUT2D eigenvalue weighted by Gasteiger charge is -2.19. The van der Waals surface area contributed by atoms with Crippen molar-refractivity contribution in [1.82, 2.24) is 14.1 Å². The Labute approximate surface area is 178 Å². The first-order chi connectivity index (χ1) is 14.2. The van der Waals surface area contributed by atoms with E-state index in [4.69, 9.17) is 11.6 Å². The van der Waals surface area contributed by atoms with E-state index in [0.717, 1.165) is 20.9 Å². The summed E-state index contributed by atoms with van der Waals surface area (Å²) in [5.41, 5.74) is -1.30. The van der Waals surface area contributed by atoms with Gasteiger partial charge >= 0.3 is 5.69 Å². The molecule has 30 heavy (non-hydrogen) atoms. The van der Waals surface area contributed by atoms with Crippen molar-refractivity contribution in [2.75, 3.05) is 0 Å². The van der Waals surface area contributed by atoms with Gasteiger partial charge in [0, 0.05) is 25.1 Å². The van der Waals surface area contributed by atoms with Crippen LogP contribution >= 0.6 is 23.4 Å². The average Bonchev–Trinajstić information content (AvgIpc) is 2.74. The van der Waals surface area contributed by atoms with E-state index in [1.165, 1.54) is 32.3 Å². The molecule has 0 saturated heterocycles. The third kappa shape index (κ3) is 2.98. The number of thioether (sulfide) groups is 1. The van der Waals surface area contributed by atoms with Gasteiger partial charge < -0.3 is 5.11 Å². The van der Waals surface area contributed by atoms with Crippen molar-refractivity contribution in [3.63, 3.8) is 0 Å². The van der Waals surface area contributed by atoms with E-state index in [-0.39, 0.29) is 44.4 Å². The average molecular weight is 444 g/mol. The largest absolute Gasteiger partial charge is 0.508 e. The van der Waals surface area contributed by atoms with Crippen LogP contribution in [-0.2, 0) is 20.0 Å². The molecule has 0 radical (unpaired) electrons. The maximum Gasteiger partial charge on any atom is 0.332 e. The number of fused-ring (bicyclic) bond motifs is 3. The van der Waals surface area contributed by atoms with Crippen molar-refractivity contribution < 1.29 is 14.7 Å². The lowest BCUT2D eigenvalue weighted by atomic mass is 9.91. The molecule has 1 aliphatic rings. The molecule has 1 aliphatic carbocycles. The van der Waals surface area contributed by atoms with Gasteiger partial charge in [-0.1, -0.05) is 11.8 Å². The van der Waals surface area contributed by atoms with Gasteiger partial charge in [0.2, 0.25) is 5.78 Å². The minimum Gasteiger partial charge on any atom is -0.508 e. The van der Waals surface area contributed by atoms with Gasteiger partial charge in [-0.25, -0.2) is 9.78 Å². The molecular formula is C20H14ClN3O5S. The number of halogens is 1. The number of hydrogen-bond acceptors (Lipinski definition) is 7. The summed E-state index contributed by atoms with van der Waals surface area (Å²) in [7, 11) is 2.72. The molecule has 8 nitrogen and oxygen atoms in total. The zero-order valence-corrected chi connectivity index (χ0v) is 17.4. The molecular weight excluding hydrogens is 430 g/mol. The Hall–Kier alpha value is -3.17. The number of alkyl halides is 1. The molecule has 0 saturated carbocycles. The van der Waals surface area contributed by atoms with Crippen molar-refractivity contribution in [2.45, 2.75) is 10.8 Å². The molecule has 0 unspecified atom stereocenters. The van der Waals surface area contributed by atoms with Crippen LogP contribution in [0.4, 0.5) is 0 Å². The molecule has 1 N–H and O–H groups in total. The lowest BCUT2D eigenvalue weighted by Crippen LogP contribution is -2.39. The second-order valence-corrected chi connectivity index (χ2v) is 8.03. The van der Waals surface area contributed by atoms with Gasteiger partial charge in [-0.15, -0.1) is 11.6 Å². The van der Waals surface area contributed by atoms with Gasteiger partial charge in [0.15, 0.2) is 5.78 Å². The van der Waals surface area contributed by atoms with Crippen LogP contribution in [0.2, 0.25) is 0 Å². The Kier molecular flexibility index (Phi) is 4.87. The maximum atomic E-state index is 13.2. The Balaban J connectivity index is 1.99. The Morgan fingerprint density at radius 3 is 2.33 bits per heavy atom. The number of Topliss-reactive ketones (excluding diaryl/α,β-unsaturated/α-hetero) is 1. The zero-order valence-electron chi connectivity index (χ0n) is 15.8. The van der Waals surface area contributed by atoms with Crippen LogP contribution in [0.5, 0.6) is 5.75 Å². The first-order valence-corrected chi connectivity index (χ1v) is 10.1. The first-order valence-electron chi connectivity index (χ1n) is 8.70. The number of pyridine rings is 1. The summed E-state index contributed by atoms with van der Waals surface area (Å²) in [5, 5.41) is 9.33. The van der Waals surface area contributed by atoms with Crippen molar-refractivity contribution in [2.24, 2.45) is 14.1 Å². The van der Waals surface area contributed by atoms with Gasteiger partial charge in [-0.05, 0) is 24.3 Å². The van der Waals surface area contributed by atoms with E-state index in [9.17, 15) is 24.3 Å². The third-order valence-electron chi connectivity index (χ3n) is 4.81. The van der Waals surface area contributed by atoms with Gasteiger partial charge in [0.25, 0.3) is 5.56 Å². The number of benzene rings is 1. The molecule has 0 fully saturated rings. The fourth-order valence-corrected chi connectivity index (χ4v) is 4.40. The number of phenols is 1. The number of rotatable bonds is 3. The van der Waals surface area contributed by atoms with Gasteiger partial charge in [0.05, 0.1) is 33.0 Å². The monoisotopic (exact) mass is 443 g/mol. The highest BCUT2D eigenvalue weighted by molar-refractivity contribution is 8.04. The summed E-state index contributed by atoms with van der Waals surface area (Å²) >= 11 is 7.07. The van der Waals surface area contributed by atoms with Gasteiger partial charge in [-0.3, -0.25) is 23.5 Å². The fraction of sp³-hybridized carbons (Fsp3) is 0.150. The minimum absolute atomic E-state index is 0.00156. The number of allylic oxidation sites excluding steroid dienone is 2. The van der Waals surface area contributed by atoms with Gasteiger partial charge in [-0.2, -0.15) is 0 Å². The van der Waals surface area contributed by atoms with Crippen LogP contribution in [0.3, 0.4) is 0 Å². The predicted octanol–water partition coefficient (Wildman–Crippen LogP) is 2.13. The number of aryl methyl sites for hydroxylation is 1. The molecule has 1 aromatic carbocycles. The van der Waals surface area contributed by atoms with Crippen LogP contribution in [0, 0.1) is 0 Å². The summed E-state index contributed by atoms with van der Waals surface area (Å²) in [6.45, 7) is 0. The molecule has 3 aromatic rings. The standard InChI is InChI=1S/C20H14ClN3O5S/c1-23-18-16(19(28)24(2)20(23)29)15-12(26)7-13(17(27)14(15)11(8-21)22-18)30-10-5-3-9(25)4-6-10/h3-7,25H,8H2,1-2H3. The Bertz CT molecular complexity index is 1400. The van der Waals surface area contributed by atoms with E-state index >= 15 is 0 Å². The van der Waals surface area contributed by atoms with Crippen molar-refractivity contribution in [3.05, 3.63) is 72.9 Å². The molecule has 0 spiro atoms. The number of aromatic nitrogens is 3. The zero-order chi connectivity index (χ0) is 21.7. The number of nitrogens with zero attached hydrogens (tertiary/aromatic N) is 3. The molecule has 0 aliphatic heterocycles. The highest BCUT2D eigenvalue weighted by Gasteiger charge is 2.33. The molecule has 4 rings (SSSR count). The summed E-state index contributed by atoms with van der Waals surface area (Å²) in [6, 6.07) is 6.16. The maximum absolute atomic E-state index is 13.2. The minimum atomic E-state index is -0.706. The van der Waals surface area contributed by atoms with Crippen molar-refractivity contribution in [3.8, 4) is 5.75 Å². The summed E-state index contributed by atoms with van der Waals surface area (Å²) < 4.78 is 2.02. The smallest absolute Gasteiger partial charge is 0.332 e. The fourth-order valence-electron chi connectivity index (χ4n) is 3.32. The topological polar surface area (TPSA) is 111 Å². The number of ketones is 2. The molecule has 0 bridgehead atoms. The highest BCUT2D eigenvalue weighted by Crippen LogP contribution is 2.36. The van der Waals surface area contributed by atoms with Crippen LogP contribution in [0.1, 0.15) is 26.4 Å². The Morgan fingerprint density at radius 2 is 1.70 bits per heavy atom. The summed E-state index contributed by atoms with van der Waals surface area (Å²) in [6.07, 6.45) is 1.17. The molecule has 2 heterocycles. The molecule has 10 heteroatoms. The molecule has 152 valence electrons. The van der Waals surface area contributed by atoms with Crippen LogP contribution in [0.15, 0.2) is 49.7 Å². The Morgan fingerprint density at radius 1 is 1.03 bits per heavy atom. The SMILES string of the molecule is Cn1c(=O)c2c3c(c(CCl)nc2n(C)c1=O)C(=O)C(Sc1ccc(O)cc1)=CC3=O. The molecule has 2 aromatic heterocycles. The quantitative estimate of drug-likeness (QED) is 0.617. The van der Waals surface area contributed by atoms with E-state index in [1.807, 2.05) is 0 Å². The number of carbonyl (C=O) groups is 2. The van der Waals surface area contributed by atoms with Crippen molar-refractivity contribution in [1.29, 1.82) is 0 Å². The third-order valence-corrected chi connectivity index (χ3v) is 6.10. The predicted molar refractivity (Wildman–Crippen MR) is 112 cm³/mol. The normalized spacial score (nSPS) is 13.5. The number of carbonyl (C=O) groups excluding carboxylic acids is 2. The molecule has 0 atom stereocenters. The number of aromatic hydroxyl groups is 1. The van der Waals surface area contributed by atoms with E-state index < -0.39 is 22.8 Å². The molecule has 0 amide bonds. The van der Waals surface area contributed by atoms with E-state index in [2.05, 4.69) is 4.98 Å². The second-order valence-electron chi connectivity index (χ2n) is 6.64. The lowest BCUT2D eigenvalue weighted by molar-refractivity contribution is 0.0991. The van der Waals surface area contributed by atoms with Gasteiger partial charge in [0.1, 0.15) is 11.4 Å². The van der Waals surface area contributed by atoms with Crippen molar-refractivity contribution >= 4 is 46.0 Å².